The number of methoxy groups -OCH3 is 1. The summed E-state index contributed by atoms with van der Waals surface area (Å²) in [5.41, 5.74) is -0.331. The summed E-state index contributed by atoms with van der Waals surface area (Å²) in [4.78, 5) is 32.0. The Balaban J connectivity index is 3.25. The first-order valence-corrected chi connectivity index (χ1v) is 4.51. The number of nitrogens with zero attached hydrogens (tertiary/aromatic N) is 1. The van der Waals surface area contributed by atoms with Crippen LogP contribution < -0.4 is 4.74 Å². The van der Waals surface area contributed by atoms with Crippen LogP contribution in [0.1, 0.15) is 17.3 Å². The molecule has 0 heterocycles. The third kappa shape index (κ3) is 3.00. The lowest BCUT2D eigenvalue weighted by molar-refractivity contribution is -0.384. The second-order valence-electron chi connectivity index (χ2n) is 3.02. The van der Waals surface area contributed by atoms with Gasteiger partial charge < -0.3 is 9.47 Å². The molecule has 0 aliphatic rings. The van der Waals surface area contributed by atoms with Gasteiger partial charge in [-0.25, -0.2) is 4.79 Å². The molecule has 17 heavy (non-hydrogen) atoms. The van der Waals surface area contributed by atoms with Crippen molar-refractivity contribution in [2.75, 3.05) is 7.11 Å². The first kappa shape index (κ1) is 12.6. The molecule has 0 saturated carbocycles. The van der Waals surface area contributed by atoms with E-state index in [-0.39, 0.29) is 17.0 Å². The lowest BCUT2D eigenvalue weighted by Gasteiger charge is -2.06. The van der Waals surface area contributed by atoms with Crippen LogP contribution in [-0.2, 0) is 9.53 Å². The van der Waals surface area contributed by atoms with E-state index in [1.165, 1.54) is 6.07 Å². The fraction of sp³-hybridized carbons (Fsp3) is 0.200. The van der Waals surface area contributed by atoms with Crippen molar-refractivity contribution in [1.29, 1.82) is 0 Å². The molecule has 0 amide bonds. The van der Waals surface area contributed by atoms with Gasteiger partial charge in [0.1, 0.15) is 5.56 Å². The Labute approximate surface area is 96.1 Å². The lowest BCUT2D eigenvalue weighted by atomic mass is 10.2. The maximum absolute atomic E-state index is 11.3. The monoisotopic (exact) mass is 239 g/mol. The number of carbonyl (C=O) groups is 2. The number of hydrogen-bond acceptors (Lipinski definition) is 6. The zero-order chi connectivity index (χ0) is 13.0. The number of carbonyl (C=O) groups excluding carboxylic acids is 2. The summed E-state index contributed by atoms with van der Waals surface area (Å²) in [5.74, 6) is -1.62. The topological polar surface area (TPSA) is 95.7 Å². The summed E-state index contributed by atoms with van der Waals surface area (Å²) in [6.45, 7) is 1.12. The van der Waals surface area contributed by atoms with E-state index in [4.69, 9.17) is 4.74 Å². The SMILES string of the molecule is COC(=O)c1ccc([N+](=O)[O-])cc1OC(C)=O. The predicted molar refractivity (Wildman–Crippen MR) is 55.7 cm³/mol. The van der Waals surface area contributed by atoms with Crippen molar-refractivity contribution in [3.05, 3.63) is 33.9 Å². The van der Waals surface area contributed by atoms with Crippen molar-refractivity contribution in [2.24, 2.45) is 0 Å². The van der Waals surface area contributed by atoms with Gasteiger partial charge in [0.2, 0.25) is 0 Å². The predicted octanol–water partition coefficient (Wildman–Crippen LogP) is 1.31. The lowest BCUT2D eigenvalue weighted by Crippen LogP contribution is -2.09. The molecule has 7 nitrogen and oxygen atoms in total. The smallest absolute Gasteiger partial charge is 0.341 e. The molecular formula is C10H9NO6. The van der Waals surface area contributed by atoms with E-state index in [0.29, 0.717) is 0 Å². The Morgan fingerprint density at radius 1 is 1.35 bits per heavy atom. The van der Waals surface area contributed by atoms with Crippen LogP contribution in [0.2, 0.25) is 0 Å². The van der Waals surface area contributed by atoms with Gasteiger partial charge in [-0.15, -0.1) is 0 Å². The van der Waals surface area contributed by atoms with Crippen LogP contribution in [0.5, 0.6) is 5.75 Å². The Kier molecular flexibility index (Phi) is 3.76. The van der Waals surface area contributed by atoms with Gasteiger partial charge in [-0.1, -0.05) is 0 Å². The Bertz CT molecular complexity index is 482. The highest BCUT2D eigenvalue weighted by atomic mass is 16.6. The Hall–Kier alpha value is -2.44. The zero-order valence-corrected chi connectivity index (χ0v) is 9.13. The fourth-order valence-electron chi connectivity index (χ4n) is 1.14. The van der Waals surface area contributed by atoms with Crippen molar-refractivity contribution in [3.8, 4) is 5.75 Å². The summed E-state index contributed by atoms with van der Waals surface area (Å²) in [6, 6.07) is 3.29. The minimum atomic E-state index is -0.740. The highest BCUT2D eigenvalue weighted by Gasteiger charge is 2.18. The van der Waals surface area contributed by atoms with E-state index >= 15 is 0 Å². The van der Waals surface area contributed by atoms with E-state index in [2.05, 4.69) is 4.74 Å². The van der Waals surface area contributed by atoms with Gasteiger partial charge in [-0.2, -0.15) is 0 Å². The highest BCUT2D eigenvalue weighted by molar-refractivity contribution is 5.93. The summed E-state index contributed by atoms with van der Waals surface area (Å²) < 4.78 is 9.17. The maximum atomic E-state index is 11.3. The van der Waals surface area contributed by atoms with Crippen LogP contribution in [0.3, 0.4) is 0 Å². The van der Waals surface area contributed by atoms with Crippen molar-refractivity contribution < 1.29 is 24.0 Å². The summed E-state index contributed by atoms with van der Waals surface area (Å²) in [7, 11) is 1.15. The average molecular weight is 239 g/mol. The van der Waals surface area contributed by atoms with Gasteiger partial charge in [0.25, 0.3) is 5.69 Å². The molecule has 1 rings (SSSR count). The van der Waals surface area contributed by atoms with Gasteiger partial charge in [-0.05, 0) is 6.07 Å². The van der Waals surface area contributed by atoms with Crippen LogP contribution >= 0.6 is 0 Å². The van der Waals surface area contributed by atoms with Gasteiger partial charge in [0.05, 0.1) is 18.1 Å². The zero-order valence-electron chi connectivity index (χ0n) is 9.13. The second-order valence-corrected chi connectivity index (χ2v) is 3.02. The molecule has 0 N–H and O–H groups in total. The summed E-state index contributed by atoms with van der Waals surface area (Å²) >= 11 is 0. The summed E-state index contributed by atoms with van der Waals surface area (Å²) in [5, 5.41) is 10.5. The van der Waals surface area contributed by atoms with Gasteiger partial charge in [0.15, 0.2) is 5.75 Å². The molecule has 0 aromatic heterocycles. The highest BCUT2D eigenvalue weighted by Crippen LogP contribution is 2.25. The molecule has 1 aromatic rings. The van der Waals surface area contributed by atoms with Crippen molar-refractivity contribution in [1.82, 2.24) is 0 Å². The first-order chi connectivity index (χ1) is 7.95. The first-order valence-electron chi connectivity index (χ1n) is 4.51. The van der Waals surface area contributed by atoms with E-state index < -0.39 is 16.9 Å². The molecular weight excluding hydrogens is 230 g/mol. The molecule has 0 aliphatic carbocycles. The minimum absolute atomic E-state index is 0.0479. The number of rotatable bonds is 3. The molecule has 0 fully saturated rings. The van der Waals surface area contributed by atoms with Gasteiger partial charge in [0, 0.05) is 13.0 Å². The van der Waals surface area contributed by atoms with Crippen LogP contribution in [0.15, 0.2) is 18.2 Å². The quantitative estimate of drug-likeness (QED) is 0.341. The molecule has 7 heteroatoms. The third-order valence-corrected chi connectivity index (χ3v) is 1.84. The minimum Gasteiger partial charge on any atom is -0.465 e. The van der Waals surface area contributed by atoms with Gasteiger partial charge >= 0.3 is 11.9 Å². The molecule has 0 spiro atoms. The molecule has 1 aromatic carbocycles. The number of hydrogen-bond donors (Lipinski definition) is 0. The van der Waals surface area contributed by atoms with E-state index in [1.807, 2.05) is 0 Å². The fourth-order valence-corrected chi connectivity index (χ4v) is 1.14. The largest absolute Gasteiger partial charge is 0.465 e. The number of nitro benzene ring substituents is 1. The number of nitro groups is 1. The number of esters is 2. The van der Waals surface area contributed by atoms with Crippen LogP contribution in [0, 0.1) is 10.1 Å². The molecule has 0 radical (unpaired) electrons. The molecule has 0 aliphatic heterocycles. The number of benzene rings is 1. The molecule has 0 saturated heterocycles. The number of ether oxygens (including phenoxy) is 2. The van der Waals surface area contributed by atoms with Crippen LogP contribution in [0.4, 0.5) is 5.69 Å². The van der Waals surface area contributed by atoms with Gasteiger partial charge in [-0.3, -0.25) is 14.9 Å². The maximum Gasteiger partial charge on any atom is 0.341 e. The van der Waals surface area contributed by atoms with E-state index in [1.54, 1.807) is 0 Å². The molecule has 0 bridgehead atoms. The normalized spacial score (nSPS) is 9.53. The molecule has 90 valence electrons. The van der Waals surface area contributed by atoms with E-state index in [0.717, 1.165) is 26.2 Å². The second kappa shape index (κ2) is 5.06. The Morgan fingerprint density at radius 3 is 2.47 bits per heavy atom. The molecule has 0 unspecified atom stereocenters. The standard InChI is InChI=1S/C10H9NO6/c1-6(12)17-9-5-7(11(14)15)3-4-8(9)10(13)16-2/h3-5H,1-2H3. The van der Waals surface area contributed by atoms with Crippen molar-refractivity contribution >= 4 is 17.6 Å². The van der Waals surface area contributed by atoms with Crippen molar-refractivity contribution in [3.63, 3.8) is 0 Å². The van der Waals surface area contributed by atoms with Crippen molar-refractivity contribution in [2.45, 2.75) is 6.92 Å². The third-order valence-electron chi connectivity index (χ3n) is 1.84. The number of non-ortho nitro benzene ring substituents is 1. The molecule has 0 atom stereocenters. The van der Waals surface area contributed by atoms with E-state index in [9.17, 15) is 19.7 Å². The summed E-state index contributed by atoms with van der Waals surface area (Å²) in [6.07, 6.45) is 0. The van der Waals surface area contributed by atoms with Crippen LogP contribution in [-0.4, -0.2) is 24.0 Å². The Morgan fingerprint density at radius 2 is 2.00 bits per heavy atom. The average Bonchev–Trinajstić information content (AvgIpc) is 2.27. The van der Waals surface area contributed by atoms with Crippen LogP contribution in [0.25, 0.3) is 0 Å².